The molecule has 1 N–H and O–H groups in total. The monoisotopic (exact) mass is 357 g/mol. The first-order valence-electron chi connectivity index (χ1n) is 8.37. The van der Waals surface area contributed by atoms with Gasteiger partial charge in [0.2, 0.25) is 5.91 Å². The lowest BCUT2D eigenvalue weighted by Crippen LogP contribution is -2.28. The number of benzene rings is 2. The number of nitro groups is 1. The molecule has 0 saturated heterocycles. The van der Waals surface area contributed by atoms with Gasteiger partial charge in [0.05, 0.1) is 4.92 Å². The fourth-order valence-corrected chi connectivity index (χ4v) is 2.31. The molecular weight excluding hydrogens is 334 g/mol. The zero-order chi connectivity index (χ0) is 18.9. The van der Waals surface area contributed by atoms with Crippen molar-refractivity contribution in [2.24, 2.45) is 0 Å². The number of carbonyl (C=O) groups is 1. The van der Waals surface area contributed by atoms with Crippen LogP contribution in [-0.4, -0.2) is 42.5 Å². The van der Waals surface area contributed by atoms with Crippen molar-refractivity contribution in [3.63, 3.8) is 0 Å². The highest BCUT2D eigenvalue weighted by Crippen LogP contribution is 2.23. The SMILES string of the molecule is Cc1ccc(OCCN(C)CCC(=O)Nc2ccccc2[N+](=O)[O-])cc1. The first kappa shape index (κ1) is 19.4. The lowest BCUT2D eigenvalue weighted by atomic mass is 10.2. The van der Waals surface area contributed by atoms with Crippen LogP contribution in [0, 0.1) is 17.0 Å². The molecule has 0 aromatic heterocycles. The van der Waals surface area contributed by atoms with Crippen molar-refractivity contribution in [2.45, 2.75) is 13.3 Å². The number of para-hydroxylation sites is 2. The minimum absolute atomic E-state index is 0.110. The number of amides is 1. The number of carbonyl (C=O) groups excluding carboxylic acids is 1. The number of rotatable bonds is 9. The summed E-state index contributed by atoms with van der Waals surface area (Å²) in [5.74, 6) is 0.559. The van der Waals surface area contributed by atoms with E-state index in [1.54, 1.807) is 12.1 Å². The summed E-state index contributed by atoms with van der Waals surface area (Å²) in [5, 5.41) is 13.6. The van der Waals surface area contributed by atoms with E-state index < -0.39 is 4.92 Å². The van der Waals surface area contributed by atoms with Gasteiger partial charge in [-0.2, -0.15) is 0 Å². The molecule has 0 atom stereocenters. The standard InChI is InChI=1S/C19H23N3O4/c1-15-7-9-16(10-8-15)26-14-13-21(2)12-11-19(23)20-17-5-3-4-6-18(17)22(24)25/h3-10H,11-14H2,1-2H3,(H,20,23). The maximum Gasteiger partial charge on any atom is 0.292 e. The van der Waals surface area contributed by atoms with Gasteiger partial charge in [0.25, 0.3) is 5.69 Å². The minimum atomic E-state index is -0.510. The van der Waals surface area contributed by atoms with Crippen LogP contribution in [0.2, 0.25) is 0 Å². The van der Waals surface area contributed by atoms with E-state index in [-0.39, 0.29) is 23.7 Å². The van der Waals surface area contributed by atoms with Crippen LogP contribution in [0.15, 0.2) is 48.5 Å². The quantitative estimate of drug-likeness (QED) is 0.550. The summed E-state index contributed by atoms with van der Waals surface area (Å²) < 4.78 is 5.66. The van der Waals surface area contributed by atoms with Gasteiger partial charge in [-0.25, -0.2) is 0 Å². The number of nitro benzene ring substituents is 1. The molecule has 1 amide bonds. The molecule has 0 spiro atoms. The van der Waals surface area contributed by atoms with Crippen LogP contribution in [0.3, 0.4) is 0 Å². The predicted molar refractivity (Wildman–Crippen MR) is 101 cm³/mol. The summed E-state index contributed by atoms with van der Waals surface area (Å²) in [6.07, 6.45) is 0.243. The zero-order valence-electron chi connectivity index (χ0n) is 15.0. The molecule has 0 bridgehead atoms. The third-order valence-corrected chi connectivity index (χ3v) is 3.86. The number of aryl methyl sites for hydroxylation is 1. The van der Waals surface area contributed by atoms with Crippen molar-refractivity contribution < 1.29 is 14.5 Å². The molecule has 26 heavy (non-hydrogen) atoms. The zero-order valence-corrected chi connectivity index (χ0v) is 15.0. The molecule has 2 rings (SSSR count). The number of nitrogens with zero attached hydrogens (tertiary/aromatic N) is 2. The average molecular weight is 357 g/mol. The third-order valence-electron chi connectivity index (χ3n) is 3.86. The Kier molecular flexibility index (Phi) is 7.11. The summed E-state index contributed by atoms with van der Waals surface area (Å²) >= 11 is 0. The van der Waals surface area contributed by atoms with Crippen molar-refractivity contribution >= 4 is 17.3 Å². The van der Waals surface area contributed by atoms with Crippen LogP contribution in [0.5, 0.6) is 5.75 Å². The molecule has 0 aliphatic rings. The van der Waals surface area contributed by atoms with E-state index >= 15 is 0 Å². The normalized spacial score (nSPS) is 10.6. The number of ether oxygens (including phenoxy) is 1. The summed E-state index contributed by atoms with van der Waals surface area (Å²) in [5.41, 5.74) is 1.28. The molecule has 138 valence electrons. The highest BCUT2D eigenvalue weighted by atomic mass is 16.6. The fourth-order valence-electron chi connectivity index (χ4n) is 2.31. The Bertz CT molecular complexity index is 747. The Balaban J connectivity index is 1.71. The lowest BCUT2D eigenvalue weighted by molar-refractivity contribution is -0.383. The first-order valence-corrected chi connectivity index (χ1v) is 8.37. The molecule has 7 heteroatoms. The number of likely N-dealkylation sites (N-methyl/N-ethyl adjacent to an activating group) is 1. The van der Waals surface area contributed by atoms with Crippen molar-refractivity contribution in [2.75, 3.05) is 32.1 Å². The second-order valence-corrected chi connectivity index (χ2v) is 6.04. The van der Waals surface area contributed by atoms with Crippen LogP contribution in [0.1, 0.15) is 12.0 Å². The smallest absolute Gasteiger partial charge is 0.292 e. The molecule has 2 aromatic carbocycles. The van der Waals surface area contributed by atoms with E-state index in [1.165, 1.54) is 17.7 Å². The number of hydrogen-bond donors (Lipinski definition) is 1. The van der Waals surface area contributed by atoms with Crippen molar-refractivity contribution in [3.8, 4) is 5.75 Å². The van der Waals surface area contributed by atoms with Crippen molar-refractivity contribution in [1.82, 2.24) is 4.90 Å². The summed E-state index contributed by atoms with van der Waals surface area (Å²) in [6, 6.07) is 13.9. The van der Waals surface area contributed by atoms with E-state index in [0.29, 0.717) is 19.7 Å². The second kappa shape index (κ2) is 9.53. The highest BCUT2D eigenvalue weighted by molar-refractivity contribution is 5.93. The molecule has 2 aromatic rings. The average Bonchev–Trinajstić information content (AvgIpc) is 2.62. The van der Waals surface area contributed by atoms with Gasteiger partial charge in [-0.3, -0.25) is 14.9 Å². The molecule has 7 nitrogen and oxygen atoms in total. The maximum atomic E-state index is 12.0. The Morgan fingerprint density at radius 1 is 1.15 bits per heavy atom. The van der Waals surface area contributed by atoms with E-state index in [2.05, 4.69) is 5.32 Å². The molecule has 0 aliphatic carbocycles. The second-order valence-electron chi connectivity index (χ2n) is 6.04. The predicted octanol–water partition coefficient (Wildman–Crippen LogP) is 3.24. The number of hydrogen-bond acceptors (Lipinski definition) is 5. The van der Waals surface area contributed by atoms with Crippen LogP contribution >= 0.6 is 0 Å². The third kappa shape index (κ3) is 6.18. The summed E-state index contributed by atoms with van der Waals surface area (Å²) in [4.78, 5) is 24.5. The van der Waals surface area contributed by atoms with Gasteiger partial charge < -0.3 is 15.0 Å². The maximum absolute atomic E-state index is 12.0. The van der Waals surface area contributed by atoms with Crippen molar-refractivity contribution in [3.05, 3.63) is 64.2 Å². The van der Waals surface area contributed by atoms with Gasteiger partial charge in [0.1, 0.15) is 18.0 Å². The largest absolute Gasteiger partial charge is 0.492 e. The van der Waals surface area contributed by atoms with Crippen LogP contribution in [0.25, 0.3) is 0 Å². The first-order chi connectivity index (χ1) is 12.5. The van der Waals surface area contributed by atoms with Gasteiger partial charge >= 0.3 is 0 Å². The molecule has 0 fully saturated rings. The van der Waals surface area contributed by atoms with Gasteiger partial charge in [0.15, 0.2) is 0 Å². The van der Waals surface area contributed by atoms with Gasteiger partial charge in [0, 0.05) is 25.6 Å². The van der Waals surface area contributed by atoms with E-state index in [1.807, 2.05) is 43.1 Å². The molecule has 0 saturated carbocycles. The Morgan fingerprint density at radius 3 is 2.54 bits per heavy atom. The van der Waals surface area contributed by atoms with E-state index in [0.717, 1.165) is 5.75 Å². The summed E-state index contributed by atoms with van der Waals surface area (Å²) in [6.45, 7) is 3.74. The minimum Gasteiger partial charge on any atom is -0.492 e. The summed E-state index contributed by atoms with van der Waals surface area (Å²) in [7, 11) is 1.90. The van der Waals surface area contributed by atoms with Gasteiger partial charge in [-0.1, -0.05) is 29.8 Å². The number of nitrogens with one attached hydrogen (secondary N) is 1. The van der Waals surface area contributed by atoms with Gasteiger partial charge in [-0.15, -0.1) is 0 Å². The molecule has 0 heterocycles. The van der Waals surface area contributed by atoms with Crippen LogP contribution in [0.4, 0.5) is 11.4 Å². The van der Waals surface area contributed by atoms with E-state index in [9.17, 15) is 14.9 Å². The lowest BCUT2D eigenvalue weighted by Gasteiger charge is -2.16. The Morgan fingerprint density at radius 2 is 1.85 bits per heavy atom. The van der Waals surface area contributed by atoms with Crippen LogP contribution < -0.4 is 10.1 Å². The molecule has 0 aliphatic heterocycles. The topological polar surface area (TPSA) is 84.7 Å². The van der Waals surface area contributed by atoms with Gasteiger partial charge in [-0.05, 0) is 32.2 Å². The molecule has 0 unspecified atom stereocenters. The molecular formula is C19H23N3O4. The van der Waals surface area contributed by atoms with Crippen molar-refractivity contribution in [1.29, 1.82) is 0 Å². The highest BCUT2D eigenvalue weighted by Gasteiger charge is 2.14. The Labute approximate surface area is 152 Å². The molecule has 0 radical (unpaired) electrons. The fraction of sp³-hybridized carbons (Fsp3) is 0.316. The van der Waals surface area contributed by atoms with Crippen LogP contribution in [-0.2, 0) is 4.79 Å². The number of anilines is 1. The Hall–Kier alpha value is -2.93. The van der Waals surface area contributed by atoms with E-state index in [4.69, 9.17) is 4.74 Å².